The molecule has 0 unspecified atom stereocenters. The summed E-state index contributed by atoms with van der Waals surface area (Å²) in [5, 5.41) is 2.38. The van der Waals surface area contributed by atoms with Gasteiger partial charge >= 0.3 is 0 Å². The second-order valence-electron chi connectivity index (χ2n) is 3.68. The number of hydrogen-bond acceptors (Lipinski definition) is 3. The lowest BCUT2D eigenvalue weighted by atomic mass is 10.2. The molecule has 19 heavy (non-hydrogen) atoms. The molecular formula is C13H13BrFN3O. The van der Waals surface area contributed by atoms with Crippen LogP contribution in [-0.4, -0.2) is 17.1 Å². The Kier molecular flexibility index (Phi) is 5.57. The first-order valence-electron chi connectivity index (χ1n) is 5.42. The van der Waals surface area contributed by atoms with Crippen molar-refractivity contribution in [1.29, 1.82) is 0 Å². The number of nitrogens with one attached hydrogen (secondary N) is 1. The summed E-state index contributed by atoms with van der Waals surface area (Å²) >= 11 is 3.09. The summed E-state index contributed by atoms with van der Waals surface area (Å²) in [5.74, 6) is -1.23. The number of rotatable bonds is 4. The summed E-state index contributed by atoms with van der Waals surface area (Å²) in [6.45, 7) is 6.99. The summed E-state index contributed by atoms with van der Waals surface area (Å²) < 4.78 is 14.0. The molecule has 0 fully saturated rings. The fourth-order valence-corrected chi connectivity index (χ4v) is 1.43. The zero-order valence-corrected chi connectivity index (χ0v) is 12.2. The molecule has 0 atom stereocenters. The van der Waals surface area contributed by atoms with Gasteiger partial charge < -0.3 is 5.32 Å². The van der Waals surface area contributed by atoms with Crippen molar-refractivity contribution in [3.8, 4) is 0 Å². The Morgan fingerprint density at radius 1 is 1.63 bits per heavy atom. The van der Waals surface area contributed by atoms with Gasteiger partial charge in [-0.15, -0.1) is 0 Å². The van der Waals surface area contributed by atoms with Crippen LogP contribution in [0, 0.1) is 5.82 Å². The minimum Gasteiger partial charge on any atom is -0.304 e. The Balaban J connectivity index is 2.86. The van der Waals surface area contributed by atoms with Gasteiger partial charge in [0, 0.05) is 22.6 Å². The molecule has 0 aliphatic rings. The van der Waals surface area contributed by atoms with Gasteiger partial charge in [-0.05, 0) is 35.8 Å². The topological polar surface area (TPSA) is 54.4 Å². The zero-order valence-electron chi connectivity index (χ0n) is 10.6. The minimum atomic E-state index is -0.616. The Morgan fingerprint density at radius 2 is 2.32 bits per heavy atom. The second kappa shape index (κ2) is 6.94. The second-order valence-corrected chi connectivity index (χ2v) is 4.59. The van der Waals surface area contributed by atoms with E-state index in [4.69, 9.17) is 0 Å². The number of aromatic nitrogens is 1. The molecular weight excluding hydrogens is 313 g/mol. The maximum atomic E-state index is 13.5. The molecule has 1 rings (SSSR count). The van der Waals surface area contributed by atoms with Crippen molar-refractivity contribution >= 4 is 33.9 Å². The third kappa shape index (κ3) is 4.75. The largest absolute Gasteiger partial charge is 0.304 e. The van der Waals surface area contributed by atoms with Crippen LogP contribution in [0.15, 0.2) is 45.7 Å². The molecule has 0 aliphatic carbocycles. The van der Waals surface area contributed by atoms with Crippen LogP contribution in [0.2, 0.25) is 0 Å². The SMILES string of the molecule is C=C(C)/N=C\C(=C/C)C(=O)Nc1ncc(Br)cc1F. The van der Waals surface area contributed by atoms with Gasteiger partial charge in [-0.2, -0.15) is 0 Å². The third-order valence-corrected chi connectivity index (χ3v) is 2.47. The number of aliphatic imine (C=N–C) groups is 1. The molecule has 6 heteroatoms. The number of carbonyl (C=O) groups excluding carboxylic acids is 1. The number of nitrogens with zero attached hydrogens (tertiary/aromatic N) is 2. The molecule has 4 nitrogen and oxygen atoms in total. The fraction of sp³-hybridized carbons (Fsp3) is 0.154. The molecule has 1 aromatic heterocycles. The van der Waals surface area contributed by atoms with E-state index in [0.29, 0.717) is 15.7 Å². The standard InChI is InChI=1S/C13H13BrFN3O/c1-4-9(6-16-8(2)3)13(19)18-12-11(15)5-10(14)7-17-12/h4-7H,2H2,1,3H3,(H,17,18,19)/b9-4+,16-6-. The molecule has 1 N–H and O–H groups in total. The number of pyridine rings is 1. The summed E-state index contributed by atoms with van der Waals surface area (Å²) in [5.41, 5.74) is 0.868. The first kappa shape index (κ1) is 15.2. The molecule has 0 saturated heterocycles. The van der Waals surface area contributed by atoms with E-state index in [1.165, 1.54) is 18.5 Å². The van der Waals surface area contributed by atoms with E-state index in [2.05, 4.69) is 37.8 Å². The van der Waals surface area contributed by atoms with Crippen molar-refractivity contribution in [2.45, 2.75) is 13.8 Å². The highest BCUT2D eigenvalue weighted by atomic mass is 79.9. The van der Waals surface area contributed by atoms with Crippen LogP contribution in [0.3, 0.4) is 0 Å². The van der Waals surface area contributed by atoms with Crippen molar-refractivity contribution < 1.29 is 9.18 Å². The molecule has 1 aromatic rings. The van der Waals surface area contributed by atoms with Crippen LogP contribution >= 0.6 is 15.9 Å². The van der Waals surface area contributed by atoms with Gasteiger partial charge in [-0.1, -0.05) is 12.7 Å². The maximum Gasteiger partial charge on any atom is 0.258 e. The summed E-state index contributed by atoms with van der Waals surface area (Å²) in [6, 6.07) is 1.22. The highest BCUT2D eigenvalue weighted by Crippen LogP contribution is 2.16. The predicted molar refractivity (Wildman–Crippen MR) is 77.6 cm³/mol. The van der Waals surface area contributed by atoms with Crippen LogP contribution in [0.25, 0.3) is 0 Å². The molecule has 1 amide bonds. The van der Waals surface area contributed by atoms with Gasteiger partial charge in [-0.25, -0.2) is 9.37 Å². The van der Waals surface area contributed by atoms with Crippen LogP contribution in [0.1, 0.15) is 13.8 Å². The van der Waals surface area contributed by atoms with Crippen molar-refractivity contribution in [3.63, 3.8) is 0 Å². The predicted octanol–water partition coefficient (Wildman–Crippen LogP) is 3.47. The van der Waals surface area contributed by atoms with E-state index < -0.39 is 11.7 Å². The number of amides is 1. The molecule has 0 aliphatic heterocycles. The highest BCUT2D eigenvalue weighted by molar-refractivity contribution is 9.10. The molecule has 0 bridgehead atoms. The number of halogens is 2. The van der Waals surface area contributed by atoms with Gasteiger partial charge in [0.05, 0.1) is 5.57 Å². The zero-order chi connectivity index (χ0) is 14.4. The molecule has 100 valence electrons. The monoisotopic (exact) mass is 325 g/mol. The Labute approximate surface area is 119 Å². The Hall–Kier alpha value is -1.82. The molecule has 0 spiro atoms. The molecule has 0 radical (unpaired) electrons. The van der Waals surface area contributed by atoms with E-state index in [9.17, 15) is 9.18 Å². The molecule has 0 saturated carbocycles. The Bertz CT molecular complexity index is 567. The van der Waals surface area contributed by atoms with Crippen molar-refractivity contribution in [2.75, 3.05) is 5.32 Å². The van der Waals surface area contributed by atoms with E-state index >= 15 is 0 Å². The van der Waals surface area contributed by atoms with Gasteiger partial charge in [0.1, 0.15) is 0 Å². The van der Waals surface area contributed by atoms with Gasteiger partial charge in [0.25, 0.3) is 5.91 Å². The number of allylic oxidation sites excluding steroid dienone is 2. The highest BCUT2D eigenvalue weighted by Gasteiger charge is 2.11. The summed E-state index contributed by atoms with van der Waals surface area (Å²) in [7, 11) is 0. The fourth-order valence-electron chi connectivity index (χ4n) is 1.13. The van der Waals surface area contributed by atoms with E-state index in [0.717, 1.165) is 0 Å². The van der Waals surface area contributed by atoms with E-state index in [1.54, 1.807) is 19.9 Å². The van der Waals surface area contributed by atoms with Crippen molar-refractivity contribution in [1.82, 2.24) is 4.98 Å². The number of carbonyl (C=O) groups is 1. The smallest absolute Gasteiger partial charge is 0.258 e. The lowest BCUT2D eigenvalue weighted by Gasteiger charge is -2.05. The molecule has 1 heterocycles. The van der Waals surface area contributed by atoms with Gasteiger partial charge in [0.15, 0.2) is 11.6 Å². The van der Waals surface area contributed by atoms with Crippen molar-refractivity contribution in [2.24, 2.45) is 4.99 Å². The summed E-state index contributed by atoms with van der Waals surface area (Å²) in [6.07, 6.45) is 4.34. The van der Waals surface area contributed by atoms with Crippen molar-refractivity contribution in [3.05, 3.63) is 46.5 Å². The third-order valence-electron chi connectivity index (χ3n) is 2.04. The maximum absolute atomic E-state index is 13.5. The lowest BCUT2D eigenvalue weighted by Crippen LogP contribution is -2.17. The van der Waals surface area contributed by atoms with E-state index in [-0.39, 0.29) is 5.82 Å². The first-order chi connectivity index (χ1) is 8.93. The average molecular weight is 326 g/mol. The van der Waals surface area contributed by atoms with Gasteiger partial charge in [0.2, 0.25) is 0 Å². The van der Waals surface area contributed by atoms with Crippen LogP contribution < -0.4 is 5.32 Å². The van der Waals surface area contributed by atoms with E-state index in [1.807, 2.05) is 0 Å². The number of hydrogen-bond donors (Lipinski definition) is 1. The van der Waals surface area contributed by atoms with Crippen LogP contribution in [0.4, 0.5) is 10.2 Å². The normalized spacial score (nSPS) is 11.7. The first-order valence-corrected chi connectivity index (χ1v) is 6.21. The average Bonchev–Trinajstić information content (AvgIpc) is 2.33. The van der Waals surface area contributed by atoms with Crippen LogP contribution in [-0.2, 0) is 4.79 Å². The number of anilines is 1. The quantitative estimate of drug-likeness (QED) is 0.680. The lowest BCUT2D eigenvalue weighted by molar-refractivity contribution is -0.112. The minimum absolute atomic E-state index is 0.128. The van der Waals surface area contributed by atoms with Crippen LogP contribution in [0.5, 0.6) is 0 Å². The summed E-state index contributed by atoms with van der Waals surface area (Å²) in [4.78, 5) is 19.6. The Morgan fingerprint density at radius 3 is 2.84 bits per heavy atom. The van der Waals surface area contributed by atoms with Gasteiger partial charge in [-0.3, -0.25) is 9.79 Å². The molecule has 0 aromatic carbocycles.